The smallest absolute Gasteiger partial charge is 0.261 e. The Hall–Kier alpha value is -1.95. The molecule has 0 fully saturated rings. The predicted octanol–water partition coefficient (Wildman–Crippen LogP) is 5.91. The van der Waals surface area contributed by atoms with E-state index in [4.69, 9.17) is 39.5 Å². The van der Waals surface area contributed by atoms with Crippen molar-refractivity contribution < 1.29 is 14.3 Å². The highest BCUT2D eigenvalue weighted by molar-refractivity contribution is 6.42. The van der Waals surface area contributed by atoms with Crippen molar-refractivity contribution in [2.45, 2.75) is 46.7 Å². The Bertz CT molecular complexity index is 950. The maximum absolute atomic E-state index is 13.2. The van der Waals surface area contributed by atoms with E-state index in [9.17, 15) is 9.59 Å². The fraction of sp³-hybridized carbons (Fsp3) is 0.417. The number of halogens is 3. The van der Waals surface area contributed by atoms with Crippen molar-refractivity contribution in [2.75, 3.05) is 13.2 Å². The largest absolute Gasteiger partial charge is 0.484 e. The highest BCUT2D eigenvalue weighted by atomic mass is 35.5. The molecule has 1 N–H and O–H groups in total. The van der Waals surface area contributed by atoms with Crippen LogP contribution in [0.4, 0.5) is 0 Å². The van der Waals surface area contributed by atoms with Crippen LogP contribution in [0.25, 0.3) is 0 Å². The van der Waals surface area contributed by atoms with Gasteiger partial charge in [0.1, 0.15) is 11.8 Å². The van der Waals surface area contributed by atoms with E-state index in [2.05, 4.69) is 5.32 Å². The quantitative estimate of drug-likeness (QED) is 0.442. The zero-order chi connectivity index (χ0) is 23.8. The molecule has 5 nitrogen and oxygen atoms in total. The highest BCUT2D eigenvalue weighted by Crippen LogP contribution is 2.25. The summed E-state index contributed by atoms with van der Waals surface area (Å²) in [5.74, 6) is 0.325. The molecule has 0 spiro atoms. The van der Waals surface area contributed by atoms with Crippen LogP contribution in [-0.2, 0) is 16.1 Å². The normalized spacial score (nSPS) is 11.9. The van der Waals surface area contributed by atoms with Crippen molar-refractivity contribution in [3.63, 3.8) is 0 Å². The summed E-state index contributed by atoms with van der Waals surface area (Å²) in [6, 6.07) is 9.71. The van der Waals surface area contributed by atoms with E-state index >= 15 is 0 Å². The van der Waals surface area contributed by atoms with E-state index in [1.54, 1.807) is 36.4 Å². The molecule has 174 valence electrons. The van der Waals surface area contributed by atoms with E-state index in [1.807, 2.05) is 27.7 Å². The fourth-order valence-electron chi connectivity index (χ4n) is 3.11. The van der Waals surface area contributed by atoms with Gasteiger partial charge in [0.25, 0.3) is 5.91 Å². The Balaban J connectivity index is 2.23. The second-order valence-corrected chi connectivity index (χ2v) is 9.25. The van der Waals surface area contributed by atoms with Crippen molar-refractivity contribution in [1.29, 1.82) is 0 Å². The lowest BCUT2D eigenvalue weighted by molar-refractivity contribution is -0.143. The third-order valence-electron chi connectivity index (χ3n) is 4.90. The zero-order valence-corrected chi connectivity index (χ0v) is 21.0. The van der Waals surface area contributed by atoms with Gasteiger partial charge in [-0.1, -0.05) is 61.6 Å². The van der Waals surface area contributed by atoms with Crippen LogP contribution < -0.4 is 10.1 Å². The zero-order valence-electron chi connectivity index (χ0n) is 18.8. The molecule has 0 aromatic heterocycles. The van der Waals surface area contributed by atoms with E-state index in [0.29, 0.717) is 39.7 Å². The molecule has 0 radical (unpaired) electrons. The molecule has 0 heterocycles. The first-order valence-electron chi connectivity index (χ1n) is 10.5. The molecule has 0 saturated carbocycles. The second-order valence-electron chi connectivity index (χ2n) is 8.03. The predicted molar refractivity (Wildman–Crippen MR) is 131 cm³/mol. The number of ether oxygens (including phenoxy) is 1. The minimum Gasteiger partial charge on any atom is -0.484 e. The lowest BCUT2D eigenvalue weighted by atomic mass is 10.1. The van der Waals surface area contributed by atoms with E-state index in [1.165, 1.54) is 4.90 Å². The maximum Gasteiger partial charge on any atom is 0.261 e. The first-order chi connectivity index (χ1) is 15.1. The molecular weight excluding hydrogens is 471 g/mol. The summed E-state index contributed by atoms with van der Waals surface area (Å²) < 4.78 is 5.71. The van der Waals surface area contributed by atoms with Crippen LogP contribution in [0.1, 0.15) is 38.3 Å². The SMILES string of the molecule is CCC(C(=O)NCC(C)C)N(Cc1ccc(Cl)c(Cl)c1)C(=O)COc1ccc(Cl)c(C)c1. The number of hydrogen-bond acceptors (Lipinski definition) is 3. The van der Waals surface area contributed by atoms with Crippen molar-refractivity contribution >= 4 is 46.6 Å². The molecule has 0 aliphatic carbocycles. The molecule has 0 aliphatic heterocycles. The van der Waals surface area contributed by atoms with Crippen molar-refractivity contribution in [3.8, 4) is 5.75 Å². The average Bonchev–Trinajstić information content (AvgIpc) is 2.75. The number of amides is 2. The number of nitrogens with one attached hydrogen (secondary N) is 1. The van der Waals surface area contributed by atoms with Gasteiger partial charge in [-0.05, 0) is 60.7 Å². The Morgan fingerprint density at radius 2 is 1.72 bits per heavy atom. The van der Waals surface area contributed by atoms with E-state index in [-0.39, 0.29) is 25.0 Å². The summed E-state index contributed by atoms with van der Waals surface area (Å²) in [5.41, 5.74) is 1.62. The number of hydrogen-bond donors (Lipinski definition) is 1. The van der Waals surface area contributed by atoms with Crippen molar-refractivity contribution in [2.24, 2.45) is 5.92 Å². The molecule has 32 heavy (non-hydrogen) atoms. The van der Waals surface area contributed by atoms with Gasteiger partial charge in [0.2, 0.25) is 5.91 Å². The van der Waals surface area contributed by atoms with Crippen molar-refractivity contribution in [1.82, 2.24) is 10.2 Å². The molecule has 2 aromatic rings. The van der Waals surface area contributed by atoms with Crippen LogP contribution in [0.5, 0.6) is 5.75 Å². The number of carbonyl (C=O) groups is 2. The Morgan fingerprint density at radius 3 is 2.31 bits per heavy atom. The van der Waals surface area contributed by atoms with Gasteiger partial charge in [-0.15, -0.1) is 0 Å². The lowest BCUT2D eigenvalue weighted by Crippen LogP contribution is -2.50. The van der Waals surface area contributed by atoms with Crippen LogP contribution in [0.15, 0.2) is 36.4 Å². The summed E-state index contributed by atoms with van der Waals surface area (Å²) >= 11 is 18.2. The highest BCUT2D eigenvalue weighted by Gasteiger charge is 2.29. The number of rotatable bonds is 10. The Kier molecular flexibility index (Phi) is 10.1. The molecule has 0 bridgehead atoms. The van der Waals surface area contributed by atoms with Crippen LogP contribution in [-0.4, -0.2) is 35.9 Å². The van der Waals surface area contributed by atoms with Crippen LogP contribution in [0, 0.1) is 12.8 Å². The van der Waals surface area contributed by atoms with Crippen LogP contribution in [0.3, 0.4) is 0 Å². The standard InChI is InChI=1S/C24H29Cl3N2O3/c1-5-22(24(31)28-12-15(2)3)29(13-17-6-8-20(26)21(27)11-17)23(30)14-32-18-7-9-19(25)16(4)10-18/h6-11,15,22H,5,12-14H2,1-4H3,(H,28,31). The molecule has 1 unspecified atom stereocenters. The maximum atomic E-state index is 13.2. The van der Waals surface area contributed by atoms with E-state index < -0.39 is 6.04 Å². The fourth-order valence-corrected chi connectivity index (χ4v) is 3.55. The Labute approximate surface area is 205 Å². The van der Waals surface area contributed by atoms with Gasteiger partial charge in [0.05, 0.1) is 10.0 Å². The van der Waals surface area contributed by atoms with Gasteiger partial charge in [-0.3, -0.25) is 9.59 Å². The first-order valence-corrected chi connectivity index (χ1v) is 11.7. The molecule has 2 amide bonds. The van der Waals surface area contributed by atoms with Gasteiger partial charge >= 0.3 is 0 Å². The lowest BCUT2D eigenvalue weighted by Gasteiger charge is -2.31. The van der Waals surface area contributed by atoms with Gasteiger partial charge in [0.15, 0.2) is 6.61 Å². The molecule has 1 atom stereocenters. The molecule has 8 heteroatoms. The summed E-state index contributed by atoms with van der Waals surface area (Å²) in [7, 11) is 0. The van der Waals surface area contributed by atoms with Gasteiger partial charge in [-0.25, -0.2) is 0 Å². The molecule has 2 rings (SSSR count). The summed E-state index contributed by atoms with van der Waals surface area (Å²) in [6.07, 6.45) is 0.455. The Morgan fingerprint density at radius 1 is 1.03 bits per heavy atom. The van der Waals surface area contributed by atoms with Crippen LogP contribution in [0.2, 0.25) is 15.1 Å². The van der Waals surface area contributed by atoms with Gasteiger partial charge in [-0.2, -0.15) is 0 Å². The number of aryl methyl sites for hydroxylation is 1. The summed E-state index contributed by atoms with van der Waals surface area (Å²) in [4.78, 5) is 27.6. The average molecular weight is 500 g/mol. The second kappa shape index (κ2) is 12.3. The third-order valence-corrected chi connectivity index (χ3v) is 6.06. The number of nitrogens with zero attached hydrogens (tertiary/aromatic N) is 1. The monoisotopic (exact) mass is 498 g/mol. The van der Waals surface area contributed by atoms with Gasteiger partial charge < -0.3 is 15.0 Å². The molecule has 0 aliphatic rings. The topological polar surface area (TPSA) is 58.6 Å². The van der Waals surface area contributed by atoms with E-state index in [0.717, 1.165) is 11.1 Å². The molecular formula is C24H29Cl3N2O3. The number of carbonyl (C=O) groups excluding carboxylic acids is 2. The van der Waals surface area contributed by atoms with Crippen molar-refractivity contribution in [3.05, 3.63) is 62.6 Å². The number of benzene rings is 2. The van der Waals surface area contributed by atoms with Crippen LogP contribution >= 0.6 is 34.8 Å². The summed E-state index contributed by atoms with van der Waals surface area (Å²) in [5, 5.41) is 4.37. The third kappa shape index (κ3) is 7.58. The molecule has 0 saturated heterocycles. The minimum absolute atomic E-state index is 0.197. The summed E-state index contributed by atoms with van der Waals surface area (Å²) in [6.45, 7) is 8.29. The van der Waals surface area contributed by atoms with Gasteiger partial charge in [0, 0.05) is 18.1 Å². The first kappa shape index (κ1) is 26.3. The molecule has 2 aromatic carbocycles. The minimum atomic E-state index is -0.647.